The molecule has 2 fully saturated rings. The highest BCUT2D eigenvalue weighted by molar-refractivity contribution is 9.10. The van der Waals surface area contributed by atoms with E-state index in [0.717, 1.165) is 23.6 Å². The number of nitrogens with one attached hydrogen (secondary N) is 2. The van der Waals surface area contributed by atoms with Crippen molar-refractivity contribution in [1.82, 2.24) is 25.2 Å². The van der Waals surface area contributed by atoms with Crippen molar-refractivity contribution in [3.05, 3.63) is 52.8 Å². The highest BCUT2D eigenvalue weighted by Gasteiger charge is 2.42. The van der Waals surface area contributed by atoms with Gasteiger partial charge in [-0.3, -0.25) is 9.36 Å². The van der Waals surface area contributed by atoms with E-state index in [4.69, 9.17) is 4.84 Å². The van der Waals surface area contributed by atoms with Gasteiger partial charge in [0.15, 0.2) is 5.16 Å². The van der Waals surface area contributed by atoms with Gasteiger partial charge < -0.3 is 15.5 Å². The number of imidazole rings is 1. The molecule has 2 N–H and O–H groups in total. The zero-order chi connectivity index (χ0) is 25.3. The fourth-order valence-electron chi connectivity index (χ4n) is 4.19. The van der Waals surface area contributed by atoms with Gasteiger partial charge >= 0.3 is 17.1 Å². The van der Waals surface area contributed by atoms with E-state index in [9.17, 15) is 18.4 Å². The summed E-state index contributed by atoms with van der Waals surface area (Å²) in [5, 5.41) is 4.56. The van der Waals surface area contributed by atoms with E-state index in [1.165, 1.54) is 16.8 Å². The second-order valence-electron chi connectivity index (χ2n) is 8.64. The Morgan fingerprint density at radius 2 is 1.89 bits per heavy atom. The first-order valence-corrected chi connectivity index (χ1v) is 13.2. The maximum Gasteiger partial charge on any atom is 0.377 e. The van der Waals surface area contributed by atoms with E-state index in [1.54, 1.807) is 4.57 Å². The molecule has 0 bridgehead atoms. The Morgan fingerprint density at radius 3 is 2.61 bits per heavy atom. The molecule has 12 heteroatoms. The first-order valence-electron chi connectivity index (χ1n) is 11.6. The number of piperazine rings is 1. The minimum atomic E-state index is -3.87. The van der Waals surface area contributed by atoms with Gasteiger partial charge in [-0.2, -0.15) is 8.78 Å². The Kier molecular flexibility index (Phi) is 7.29. The minimum Gasteiger partial charge on any atom is -0.366 e. The fraction of sp³-hybridized carbons (Fsp3) is 0.375. The van der Waals surface area contributed by atoms with Crippen molar-refractivity contribution in [3.63, 3.8) is 0 Å². The van der Waals surface area contributed by atoms with Crippen molar-refractivity contribution in [1.29, 1.82) is 0 Å². The Balaban J connectivity index is 1.32. The van der Waals surface area contributed by atoms with Crippen LogP contribution in [0.1, 0.15) is 24.3 Å². The van der Waals surface area contributed by atoms with Crippen LogP contribution >= 0.6 is 27.7 Å². The van der Waals surface area contributed by atoms with Gasteiger partial charge in [0, 0.05) is 31.6 Å². The molecule has 2 aliphatic rings. The Morgan fingerprint density at radius 1 is 1.17 bits per heavy atom. The van der Waals surface area contributed by atoms with Crippen molar-refractivity contribution < 1.29 is 23.2 Å². The Labute approximate surface area is 218 Å². The molecule has 1 aromatic heterocycles. The van der Waals surface area contributed by atoms with Crippen LogP contribution in [0.25, 0.3) is 16.5 Å². The number of aromatic nitrogens is 2. The predicted molar refractivity (Wildman–Crippen MR) is 135 cm³/mol. The molecular weight excluding hydrogens is 556 g/mol. The van der Waals surface area contributed by atoms with Gasteiger partial charge in [0.05, 0.1) is 11.9 Å². The number of hydroxylamine groups is 2. The lowest BCUT2D eigenvalue weighted by Crippen LogP contribution is -2.46. The smallest absolute Gasteiger partial charge is 0.366 e. The molecule has 1 saturated carbocycles. The molecule has 2 aromatic carbocycles. The SMILES string of the molecule is O=C(CNC(=O)C(F)(F)Sc1ncc(Br)n1-c1ccc(C2CC2)c2ccccc12)ON1CCNCC1. The van der Waals surface area contributed by atoms with Gasteiger partial charge in [-0.05, 0) is 63.5 Å². The summed E-state index contributed by atoms with van der Waals surface area (Å²) in [4.78, 5) is 33.5. The quantitative estimate of drug-likeness (QED) is 0.392. The monoisotopic (exact) mass is 579 g/mol. The number of amides is 1. The molecule has 0 radical (unpaired) electrons. The van der Waals surface area contributed by atoms with Crippen LogP contribution in [0.2, 0.25) is 0 Å². The van der Waals surface area contributed by atoms with Gasteiger partial charge in [-0.15, -0.1) is 5.06 Å². The molecule has 1 saturated heterocycles. The maximum atomic E-state index is 14.9. The summed E-state index contributed by atoms with van der Waals surface area (Å²) >= 11 is 3.43. The molecule has 36 heavy (non-hydrogen) atoms. The molecule has 1 aliphatic heterocycles. The molecule has 0 spiro atoms. The van der Waals surface area contributed by atoms with Crippen LogP contribution in [-0.2, 0) is 14.4 Å². The van der Waals surface area contributed by atoms with Crippen LogP contribution in [0.15, 0.2) is 52.4 Å². The number of carbonyl (C=O) groups excluding carboxylic acids is 2. The lowest BCUT2D eigenvalue weighted by Gasteiger charge is -2.25. The zero-order valence-corrected chi connectivity index (χ0v) is 21.6. The second-order valence-corrected chi connectivity index (χ2v) is 10.5. The number of hydrogen-bond acceptors (Lipinski definition) is 7. The van der Waals surface area contributed by atoms with Crippen molar-refractivity contribution >= 4 is 50.3 Å². The summed E-state index contributed by atoms with van der Waals surface area (Å²) in [5.74, 6) is -1.88. The number of hydrogen-bond donors (Lipinski definition) is 2. The molecular formula is C24H24BrF2N5O3S. The van der Waals surface area contributed by atoms with Crippen LogP contribution in [-0.4, -0.2) is 64.5 Å². The number of halogens is 3. The number of fused-ring (bicyclic) bond motifs is 1. The third-order valence-corrected chi connectivity index (χ3v) is 7.53. The zero-order valence-electron chi connectivity index (χ0n) is 19.2. The topological polar surface area (TPSA) is 88.5 Å². The highest BCUT2D eigenvalue weighted by atomic mass is 79.9. The molecule has 190 valence electrons. The predicted octanol–water partition coefficient (Wildman–Crippen LogP) is 3.83. The molecule has 1 amide bonds. The van der Waals surface area contributed by atoms with E-state index >= 15 is 0 Å². The van der Waals surface area contributed by atoms with Gasteiger partial charge in [-0.25, -0.2) is 9.78 Å². The minimum absolute atomic E-state index is 0.0207. The summed E-state index contributed by atoms with van der Waals surface area (Å²) in [6, 6.07) is 11.8. The summed E-state index contributed by atoms with van der Waals surface area (Å²) in [6.07, 6.45) is 3.71. The summed E-state index contributed by atoms with van der Waals surface area (Å²) in [6.45, 7) is 1.60. The molecule has 1 aliphatic carbocycles. The summed E-state index contributed by atoms with van der Waals surface area (Å²) in [5.41, 5.74) is 1.93. The normalized spacial score (nSPS) is 16.8. The van der Waals surface area contributed by atoms with Crippen LogP contribution < -0.4 is 10.6 Å². The standard InChI is InChI=1S/C24H24BrF2N5O3S/c25-20-13-30-23(32(20)19-8-7-16(15-5-6-15)17-3-1-2-4-18(17)19)36-24(26,27)22(34)29-14-21(33)35-31-11-9-28-10-12-31/h1-4,7-8,13,15,28H,5-6,9-12,14H2,(H,29,34). The number of alkyl halides is 2. The van der Waals surface area contributed by atoms with Gasteiger partial charge in [-0.1, -0.05) is 30.3 Å². The molecule has 8 nitrogen and oxygen atoms in total. The average Bonchev–Trinajstić information content (AvgIpc) is 3.66. The van der Waals surface area contributed by atoms with Crippen LogP contribution in [0, 0.1) is 0 Å². The van der Waals surface area contributed by atoms with Gasteiger partial charge in [0.2, 0.25) is 0 Å². The van der Waals surface area contributed by atoms with Crippen LogP contribution in [0.5, 0.6) is 0 Å². The molecule has 3 aromatic rings. The Bertz CT molecular complexity index is 1290. The van der Waals surface area contributed by atoms with E-state index in [2.05, 4.69) is 26.2 Å². The van der Waals surface area contributed by atoms with Crippen LogP contribution in [0.3, 0.4) is 0 Å². The Hall–Kier alpha value is -2.54. The number of nitrogens with zero attached hydrogens (tertiary/aromatic N) is 3. The van der Waals surface area contributed by atoms with Gasteiger partial charge in [0.25, 0.3) is 0 Å². The molecule has 0 unspecified atom stereocenters. The van der Waals surface area contributed by atoms with E-state index in [1.807, 2.05) is 41.7 Å². The van der Waals surface area contributed by atoms with Crippen molar-refractivity contribution in [3.8, 4) is 5.69 Å². The average molecular weight is 580 g/mol. The number of benzene rings is 2. The maximum absolute atomic E-state index is 14.9. The van der Waals surface area contributed by atoms with Crippen LogP contribution in [0.4, 0.5) is 8.78 Å². The lowest BCUT2D eigenvalue weighted by atomic mass is 9.99. The van der Waals surface area contributed by atoms with E-state index in [-0.39, 0.29) is 16.9 Å². The summed E-state index contributed by atoms with van der Waals surface area (Å²) in [7, 11) is 0. The third-order valence-electron chi connectivity index (χ3n) is 6.06. The number of thioether (sulfide) groups is 1. The van der Waals surface area contributed by atoms with Crippen molar-refractivity contribution in [2.45, 2.75) is 29.2 Å². The molecule has 2 heterocycles. The van der Waals surface area contributed by atoms with Crippen molar-refractivity contribution in [2.75, 3.05) is 32.7 Å². The first kappa shape index (κ1) is 25.1. The largest absolute Gasteiger partial charge is 0.377 e. The number of carbonyl (C=O) groups is 2. The van der Waals surface area contributed by atoms with Gasteiger partial charge in [0.1, 0.15) is 11.1 Å². The van der Waals surface area contributed by atoms with E-state index < -0.39 is 23.7 Å². The van der Waals surface area contributed by atoms with E-state index in [0.29, 0.717) is 42.4 Å². The summed E-state index contributed by atoms with van der Waals surface area (Å²) < 4.78 is 31.9. The van der Waals surface area contributed by atoms with Crippen molar-refractivity contribution in [2.24, 2.45) is 0 Å². The third kappa shape index (κ3) is 5.41. The molecule has 5 rings (SSSR count). The number of rotatable bonds is 8. The first-order chi connectivity index (χ1) is 17.3. The second kappa shape index (κ2) is 10.4. The fourth-order valence-corrected chi connectivity index (χ4v) is 5.55. The molecule has 0 atom stereocenters. The highest BCUT2D eigenvalue weighted by Crippen LogP contribution is 2.45. The lowest BCUT2D eigenvalue weighted by molar-refractivity contribution is -0.192.